The Morgan fingerprint density at radius 3 is 3.00 bits per heavy atom. The monoisotopic (exact) mass is 221 g/mol. The topological polar surface area (TPSA) is 44.5 Å². The van der Waals surface area contributed by atoms with Crippen molar-refractivity contribution in [3.05, 3.63) is 23.3 Å². The molecule has 0 spiro atoms. The molecule has 0 saturated carbocycles. The van der Waals surface area contributed by atoms with E-state index in [-0.39, 0.29) is 6.10 Å². The molecule has 0 radical (unpaired) electrons. The van der Waals surface area contributed by atoms with Crippen LogP contribution in [0.2, 0.25) is 0 Å². The van der Waals surface area contributed by atoms with Gasteiger partial charge in [-0.05, 0) is 44.0 Å². The normalized spacial score (nSPS) is 18.1. The first kappa shape index (κ1) is 11.3. The first-order chi connectivity index (χ1) is 7.74. The number of benzene rings is 1. The lowest BCUT2D eigenvalue weighted by Gasteiger charge is -2.10. The molecule has 1 aliphatic rings. The van der Waals surface area contributed by atoms with Gasteiger partial charge in [0.1, 0.15) is 17.6 Å². The highest BCUT2D eigenvalue weighted by molar-refractivity contribution is 5.48. The van der Waals surface area contributed by atoms with Crippen LogP contribution in [0.15, 0.2) is 12.1 Å². The summed E-state index contributed by atoms with van der Waals surface area (Å²) in [5.41, 5.74) is 7.98. The van der Waals surface area contributed by atoms with Gasteiger partial charge in [-0.2, -0.15) is 0 Å². The molecule has 88 valence electrons. The van der Waals surface area contributed by atoms with Crippen molar-refractivity contribution in [3.63, 3.8) is 0 Å². The Balaban J connectivity index is 2.27. The number of ether oxygens (including phenoxy) is 2. The Hall–Kier alpha value is -1.22. The number of rotatable bonds is 4. The van der Waals surface area contributed by atoms with Crippen LogP contribution in [0.4, 0.5) is 0 Å². The zero-order valence-corrected chi connectivity index (χ0v) is 9.95. The zero-order chi connectivity index (χ0) is 11.5. The lowest BCUT2D eigenvalue weighted by Crippen LogP contribution is -2.05. The van der Waals surface area contributed by atoms with Gasteiger partial charge in [-0.25, -0.2) is 0 Å². The van der Waals surface area contributed by atoms with Crippen LogP contribution in [0.1, 0.15) is 24.5 Å². The third-order valence-corrected chi connectivity index (χ3v) is 2.95. The second-order valence-corrected chi connectivity index (χ2v) is 4.30. The van der Waals surface area contributed by atoms with E-state index in [2.05, 4.69) is 19.1 Å². The van der Waals surface area contributed by atoms with Crippen molar-refractivity contribution in [2.75, 3.05) is 13.7 Å². The van der Waals surface area contributed by atoms with E-state index in [0.29, 0.717) is 6.54 Å². The molecule has 0 aromatic heterocycles. The van der Waals surface area contributed by atoms with Gasteiger partial charge in [0.2, 0.25) is 0 Å². The molecule has 16 heavy (non-hydrogen) atoms. The smallest absolute Gasteiger partial charge is 0.123 e. The lowest BCUT2D eigenvalue weighted by atomic mass is 10.0. The van der Waals surface area contributed by atoms with Gasteiger partial charge in [0.05, 0.1) is 7.11 Å². The predicted molar refractivity (Wildman–Crippen MR) is 64.2 cm³/mol. The molecule has 2 rings (SSSR count). The number of nitrogens with two attached hydrogens (primary N) is 1. The summed E-state index contributed by atoms with van der Waals surface area (Å²) in [6.45, 7) is 2.80. The van der Waals surface area contributed by atoms with Crippen molar-refractivity contribution in [1.29, 1.82) is 0 Å². The highest BCUT2D eigenvalue weighted by Crippen LogP contribution is 2.35. The van der Waals surface area contributed by atoms with Crippen LogP contribution < -0.4 is 15.2 Å². The SMILES string of the molecule is COc1cc2c(cc1CCCN)OC(C)C2. The van der Waals surface area contributed by atoms with Crippen molar-refractivity contribution < 1.29 is 9.47 Å². The molecule has 1 aromatic rings. The Kier molecular flexibility index (Phi) is 3.34. The molecule has 1 aromatic carbocycles. The van der Waals surface area contributed by atoms with Crippen LogP contribution in [-0.4, -0.2) is 19.8 Å². The number of hydrogen-bond donors (Lipinski definition) is 1. The predicted octanol–water partition coefficient (Wildman–Crippen LogP) is 1.91. The van der Waals surface area contributed by atoms with Gasteiger partial charge in [0.15, 0.2) is 0 Å². The molecule has 3 heteroatoms. The summed E-state index contributed by atoms with van der Waals surface area (Å²) in [6, 6.07) is 4.21. The fourth-order valence-corrected chi connectivity index (χ4v) is 2.16. The van der Waals surface area contributed by atoms with E-state index in [1.165, 1.54) is 11.1 Å². The van der Waals surface area contributed by atoms with Crippen LogP contribution in [0.3, 0.4) is 0 Å². The summed E-state index contributed by atoms with van der Waals surface area (Å²) in [5, 5.41) is 0. The van der Waals surface area contributed by atoms with Crippen molar-refractivity contribution in [1.82, 2.24) is 0 Å². The minimum Gasteiger partial charge on any atom is -0.496 e. The summed E-state index contributed by atoms with van der Waals surface area (Å²) >= 11 is 0. The average molecular weight is 221 g/mol. The summed E-state index contributed by atoms with van der Waals surface area (Å²) in [5.74, 6) is 1.98. The minimum absolute atomic E-state index is 0.282. The number of aryl methyl sites for hydroxylation is 1. The van der Waals surface area contributed by atoms with Crippen molar-refractivity contribution in [3.8, 4) is 11.5 Å². The van der Waals surface area contributed by atoms with Crippen LogP contribution in [0.25, 0.3) is 0 Å². The van der Waals surface area contributed by atoms with Crippen LogP contribution >= 0.6 is 0 Å². The molecule has 1 atom stereocenters. The van der Waals surface area contributed by atoms with E-state index < -0.39 is 0 Å². The first-order valence-corrected chi connectivity index (χ1v) is 5.81. The van der Waals surface area contributed by atoms with Crippen LogP contribution in [0.5, 0.6) is 11.5 Å². The van der Waals surface area contributed by atoms with Gasteiger partial charge in [-0.1, -0.05) is 0 Å². The maximum absolute atomic E-state index is 5.74. The van der Waals surface area contributed by atoms with E-state index in [4.69, 9.17) is 15.2 Å². The lowest BCUT2D eigenvalue weighted by molar-refractivity contribution is 0.254. The molecule has 3 nitrogen and oxygen atoms in total. The van der Waals surface area contributed by atoms with Crippen LogP contribution in [-0.2, 0) is 12.8 Å². The van der Waals surface area contributed by atoms with Gasteiger partial charge >= 0.3 is 0 Å². The van der Waals surface area contributed by atoms with Gasteiger partial charge in [0, 0.05) is 12.0 Å². The van der Waals surface area contributed by atoms with E-state index in [9.17, 15) is 0 Å². The minimum atomic E-state index is 0.282. The summed E-state index contributed by atoms with van der Waals surface area (Å²) in [6.07, 6.45) is 3.18. The first-order valence-electron chi connectivity index (χ1n) is 5.81. The Labute approximate surface area is 96.5 Å². The van der Waals surface area contributed by atoms with Crippen molar-refractivity contribution >= 4 is 0 Å². The number of fused-ring (bicyclic) bond motifs is 1. The zero-order valence-electron chi connectivity index (χ0n) is 9.95. The Morgan fingerprint density at radius 2 is 2.31 bits per heavy atom. The Morgan fingerprint density at radius 1 is 1.50 bits per heavy atom. The maximum Gasteiger partial charge on any atom is 0.123 e. The van der Waals surface area contributed by atoms with Crippen LogP contribution in [0, 0.1) is 0 Å². The van der Waals surface area contributed by atoms with Gasteiger partial charge in [-0.15, -0.1) is 0 Å². The van der Waals surface area contributed by atoms with Gasteiger partial charge < -0.3 is 15.2 Å². The maximum atomic E-state index is 5.74. The molecule has 0 saturated heterocycles. The highest BCUT2D eigenvalue weighted by Gasteiger charge is 2.21. The molecule has 1 aliphatic heterocycles. The van der Waals surface area contributed by atoms with Crippen molar-refractivity contribution in [2.24, 2.45) is 5.73 Å². The fourth-order valence-electron chi connectivity index (χ4n) is 2.16. The molecule has 1 unspecified atom stereocenters. The summed E-state index contributed by atoms with van der Waals surface area (Å²) in [7, 11) is 1.72. The van der Waals surface area contributed by atoms with E-state index in [1.807, 2.05) is 0 Å². The third kappa shape index (κ3) is 2.14. The highest BCUT2D eigenvalue weighted by atomic mass is 16.5. The molecule has 0 bridgehead atoms. The van der Waals surface area contributed by atoms with E-state index in [0.717, 1.165) is 30.8 Å². The average Bonchev–Trinajstić information content (AvgIpc) is 2.63. The molecule has 1 heterocycles. The molecular weight excluding hydrogens is 202 g/mol. The molecule has 0 fully saturated rings. The number of hydrogen-bond acceptors (Lipinski definition) is 3. The molecule has 0 amide bonds. The quantitative estimate of drug-likeness (QED) is 0.844. The fraction of sp³-hybridized carbons (Fsp3) is 0.538. The van der Waals surface area contributed by atoms with Gasteiger partial charge in [0.25, 0.3) is 0 Å². The second kappa shape index (κ2) is 4.74. The summed E-state index contributed by atoms with van der Waals surface area (Å²) in [4.78, 5) is 0. The van der Waals surface area contributed by atoms with Crippen molar-refractivity contribution in [2.45, 2.75) is 32.3 Å². The third-order valence-electron chi connectivity index (χ3n) is 2.95. The summed E-state index contributed by atoms with van der Waals surface area (Å²) < 4.78 is 11.1. The van der Waals surface area contributed by atoms with E-state index >= 15 is 0 Å². The van der Waals surface area contributed by atoms with E-state index in [1.54, 1.807) is 7.11 Å². The standard InChI is InChI=1S/C13H19NO2/c1-9-6-11-8-12(15-2)10(4-3-5-14)7-13(11)16-9/h7-9H,3-6,14H2,1-2H3. The Bertz CT molecular complexity index is 376. The molecular formula is C13H19NO2. The second-order valence-electron chi connectivity index (χ2n) is 4.30. The number of methoxy groups -OCH3 is 1. The molecule has 2 N–H and O–H groups in total. The van der Waals surface area contributed by atoms with Gasteiger partial charge in [-0.3, -0.25) is 0 Å². The molecule has 0 aliphatic carbocycles. The largest absolute Gasteiger partial charge is 0.496 e.